The van der Waals surface area contributed by atoms with Crippen molar-refractivity contribution in [2.75, 3.05) is 0 Å². The van der Waals surface area contributed by atoms with Crippen LogP contribution in [0.1, 0.15) is 68.0 Å². The first kappa shape index (κ1) is 28.1. The number of allylic oxidation sites excluding steroid dienone is 2. The number of benzene rings is 2. The Morgan fingerprint density at radius 3 is 1.59 bits per heavy atom. The average Bonchev–Trinajstić information content (AvgIpc) is 3.18. The molecule has 0 radical (unpaired) electrons. The van der Waals surface area contributed by atoms with Gasteiger partial charge in [0.25, 0.3) is 0 Å². The maximum Gasteiger partial charge on any atom is 0.161 e. The van der Waals surface area contributed by atoms with Crippen LogP contribution in [0.3, 0.4) is 0 Å². The molecule has 4 rings (SSSR count). The van der Waals surface area contributed by atoms with Gasteiger partial charge < -0.3 is 4.98 Å². The van der Waals surface area contributed by atoms with Crippen LogP contribution in [0.2, 0.25) is 26.2 Å². The predicted octanol–water partition coefficient (Wildman–Crippen LogP) is 10.0. The predicted molar refractivity (Wildman–Crippen MR) is 165 cm³/mol. The van der Waals surface area contributed by atoms with E-state index >= 15 is 0 Å². The summed E-state index contributed by atoms with van der Waals surface area (Å²) in [5, 5.41) is 0. The number of nitrogens with one attached hydrogen (secondary N) is 1. The highest BCUT2D eigenvalue weighted by Crippen LogP contribution is 2.46. The largest absolute Gasteiger partial charge is 0.332 e. The van der Waals surface area contributed by atoms with E-state index in [1.165, 1.54) is 42.3 Å². The van der Waals surface area contributed by atoms with E-state index in [2.05, 4.69) is 146 Å². The zero-order chi connectivity index (χ0) is 25.6. The van der Waals surface area contributed by atoms with Crippen molar-refractivity contribution in [2.45, 2.75) is 77.4 Å². The molecule has 0 amide bonds. The van der Waals surface area contributed by atoms with Gasteiger partial charge in [0.15, 0.2) is 7.38 Å². The molecular weight excluding hydrogens is 602 g/mol. The van der Waals surface area contributed by atoms with Crippen LogP contribution in [0, 0.1) is 0 Å². The molecule has 2 aromatic carbocycles. The smallest absolute Gasteiger partial charge is 0.161 e. The number of fused-ring (bicyclic) bond motifs is 2. The van der Waals surface area contributed by atoms with Gasteiger partial charge in [-0.05, 0) is 69.0 Å². The van der Waals surface area contributed by atoms with Gasteiger partial charge in [-0.3, -0.25) is 0 Å². The SMILES string of the molecule is CC1=Cc2c(Br)cccc2C1[Si](C)(C)Cl.CC1=Cc2c(Br)cccc2C1[Si](C)(C)NC(C)(C)C. The third kappa shape index (κ3) is 6.09. The van der Waals surface area contributed by atoms with Crippen LogP contribution in [-0.2, 0) is 0 Å². The standard InChI is InChI=1S/C16H24BrNSi.C12H14BrClSi/c1-11-10-13-12(8-7-9-14(13)17)15(11)19(5,6)18-16(2,3)4;1-8-7-10-9(5-4-6-11(10)13)12(8)15(2,3)14/h7-10,15,18H,1-6H3;4-7,12H,1-3H3. The van der Waals surface area contributed by atoms with Crippen molar-refractivity contribution >= 4 is 70.7 Å². The molecule has 184 valence electrons. The monoisotopic (exact) mass is 637 g/mol. The topological polar surface area (TPSA) is 12.0 Å². The quantitative estimate of drug-likeness (QED) is 0.260. The summed E-state index contributed by atoms with van der Waals surface area (Å²) in [6.45, 7) is 20.6. The second-order valence-electron chi connectivity index (χ2n) is 11.8. The van der Waals surface area contributed by atoms with E-state index in [9.17, 15) is 0 Å². The van der Waals surface area contributed by atoms with Gasteiger partial charge in [0.05, 0.1) is 0 Å². The first-order chi connectivity index (χ1) is 15.5. The molecule has 0 aromatic heterocycles. The number of hydrogen-bond donors (Lipinski definition) is 1. The molecule has 0 saturated heterocycles. The summed E-state index contributed by atoms with van der Waals surface area (Å²) in [7, 11) is -3.26. The molecule has 34 heavy (non-hydrogen) atoms. The van der Waals surface area contributed by atoms with Crippen LogP contribution < -0.4 is 4.98 Å². The second kappa shape index (κ2) is 10.1. The van der Waals surface area contributed by atoms with E-state index in [4.69, 9.17) is 11.1 Å². The number of rotatable bonds is 3. The van der Waals surface area contributed by atoms with Crippen molar-refractivity contribution in [3.05, 3.63) is 78.7 Å². The zero-order valence-electron chi connectivity index (χ0n) is 21.9. The van der Waals surface area contributed by atoms with Gasteiger partial charge >= 0.3 is 0 Å². The van der Waals surface area contributed by atoms with Crippen molar-refractivity contribution in [1.29, 1.82) is 0 Å². The van der Waals surface area contributed by atoms with Gasteiger partial charge in [0.1, 0.15) is 8.24 Å². The van der Waals surface area contributed by atoms with Crippen LogP contribution in [0.25, 0.3) is 12.2 Å². The van der Waals surface area contributed by atoms with Crippen molar-refractivity contribution in [3.8, 4) is 0 Å². The van der Waals surface area contributed by atoms with Crippen LogP contribution in [0.4, 0.5) is 0 Å². The molecule has 2 atom stereocenters. The lowest BCUT2D eigenvalue weighted by Crippen LogP contribution is -2.58. The van der Waals surface area contributed by atoms with Gasteiger partial charge in [-0.25, -0.2) is 0 Å². The molecule has 0 fully saturated rings. The minimum Gasteiger partial charge on any atom is -0.332 e. The van der Waals surface area contributed by atoms with E-state index in [1.807, 2.05) is 0 Å². The van der Waals surface area contributed by atoms with E-state index in [0.29, 0.717) is 11.1 Å². The van der Waals surface area contributed by atoms with Crippen molar-refractivity contribution in [2.24, 2.45) is 0 Å². The van der Waals surface area contributed by atoms with E-state index in [1.54, 1.807) is 0 Å². The highest BCUT2D eigenvalue weighted by molar-refractivity contribution is 9.10. The van der Waals surface area contributed by atoms with Gasteiger partial charge in [0.2, 0.25) is 0 Å². The Hall–Kier alpha value is -0.436. The molecule has 2 aromatic rings. The molecular formula is C28H38Br2ClNSi2. The Morgan fingerprint density at radius 1 is 0.765 bits per heavy atom. The molecule has 2 unspecified atom stereocenters. The Balaban J connectivity index is 0.000000196. The van der Waals surface area contributed by atoms with Crippen LogP contribution in [0.15, 0.2) is 56.5 Å². The van der Waals surface area contributed by atoms with E-state index in [0.717, 1.165) is 0 Å². The maximum absolute atomic E-state index is 6.60. The molecule has 0 aliphatic heterocycles. The summed E-state index contributed by atoms with van der Waals surface area (Å²) in [6, 6.07) is 13.0. The molecule has 6 heteroatoms. The molecule has 0 saturated carbocycles. The zero-order valence-corrected chi connectivity index (χ0v) is 27.8. The lowest BCUT2D eigenvalue weighted by atomic mass is 10.1. The fraction of sp³-hybridized carbons (Fsp3) is 0.429. The number of hydrogen-bond acceptors (Lipinski definition) is 1. The fourth-order valence-corrected chi connectivity index (χ4v) is 14.3. The normalized spacial score (nSPS) is 19.6. The Morgan fingerprint density at radius 2 is 1.18 bits per heavy atom. The lowest BCUT2D eigenvalue weighted by molar-refractivity contribution is 0.508. The van der Waals surface area contributed by atoms with Crippen molar-refractivity contribution < 1.29 is 0 Å². The molecule has 1 nitrogen and oxygen atoms in total. The summed E-state index contributed by atoms with van der Waals surface area (Å²) in [5.41, 5.74) is 9.69. The van der Waals surface area contributed by atoms with Crippen molar-refractivity contribution in [3.63, 3.8) is 0 Å². The molecule has 0 bridgehead atoms. The summed E-state index contributed by atoms with van der Waals surface area (Å²) in [4.78, 5) is 3.91. The Labute approximate surface area is 230 Å². The highest BCUT2D eigenvalue weighted by Gasteiger charge is 2.40. The van der Waals surface area contributed by atoms with E-state index < -0.39 is 15.6 Å². The molecule has 1 N–H and O–H groups in total. The first-order valence-electron chi connectivity index (χ1n) is 11.9. The average molecular weight is 640 g/mol. The second-order valence-corrected chi connectivity index (χ2v) is 24.4. The lowest BCUT2D eigenvalue weighted by Gasteiger charge is -2.39. The highest BCUT2D eigenvalue weighted by atomic mass is 79.9. The third-order valence-corrected chi connectivity index (χ3v) is 14.3. The van der Waals surface area contributed by atoms with Gasteiger partial charge in [-0.1, -0.05) is 106 Å². The summed E-state index contributed by atoms with van der Waals surface area (Å²) in [6.07, 6.45) is 4.62. The third-order valence-electron chi connectivity index (χ3n) is 6.56. The Bertz CT molecular complexity index is 1140. The van der Waals surface area contributed by atoms with E-state index in [-0.39, 0.29) is 5.54 Å². The fourth-order valence-electron chi connectivity index (χ4n) is 5.94. The molecule has 0 heterocycles. The molecule has 2 aliphatic carbocycles. The first-order valence-corrected chi connectivity index (χ1v) is 20.7. The van der Waals surface area contributed by atoms with Crippen LogP contribution in [-0.4, -0.2) is 21.2 Å². The van der Waals surface area contributed by atoms with Gasteiger partial charge in [-0.2, -0.15) is 11.1 Å². The van der Waals surface area contributed by atoms with Crippen molar-refractivity contribution in [1.82, 2.24) is 4.98 Å². The summed E-state index contributed by atoms with van der Waals surface area (Å²) < 4.78 is 2.39. The minimum absolute atomic E-state index is 0.171. The maximum atomic E-state index is 6.60. The molecule has 0 spiro atoms. The molecule has 2 aliphatic rings. The summed E-state index contributed by atoms with van der Waals surface area (Å²) >= 11 is 13.9. The number of halogens is 3. The van der Waals surface area contributed by atoms with Gasteiger partial charge in [-0.15, -0.1) is 0 Å². The van der Waals surface area contributed by atoms with Crippen LogP contribution >= 0.6 is 42.9 Å². The Kier molecular flexibility index (Phi) is 8.39. The summed E-state index contributed by atoms with van der Waals surface area (Å²) in [5.74, 6) is 0. The van der Waals surface area contributed by atoms with Crippen LogP contribution in [0.5, 0.6) is 0 Å². The van der Waals surface area contributed by atoms with Gasteiger partial charge in [0, 0.05) is 25.6 Å². The minimum atomic E-state index is -1.68.